The molecule has 2 N–H and O–H groups in total. The predicted molar refractivity (Wildman–Crippen MR) is 140 cm³/mol. The number of halogens is 1. The number of likely N-dealkylation sites (N-methyl/N-ethyl adjacent to an activating group) is 2. The van der Waals surface area contributed by atoms with Crippen molar-refractivity contribution in [2.24, 2.45) is 7.05 Å². The maximum atomic E-state index is 13.1. The number of aromatic nitrogens is 1. The molecule has 0 aliphatic carbocycles. The van der Waals surface area contributed by atoms with Crippen LogP contribution in [0.5, 0.6) is 5.75 Å². The molecule has 0 fully saturated rings. The Morgan fingerprint density at radius 1 is 0.972 bits per heavy atom. The Bertz CT molecular complexity index is 1610. The average Bonchev–Trinajstić information content (AvgIpc) is 3.28. The molecule has 3 amide bonds. The lowest BCUT2D eigenvalue weighted by Crippen LogP contribution is -2.33. The van der Waals surface area contributed by atoms with E-state index in [0.29, 0.717) is 51.0 Å². The predicted octanol–water partition coefficient (Wildman–Crippen LogP) is 3.87. The van der Waals surface area contributed by atoms with Crippen LogP contribution in [0.3, 0.4) is 0 Å². The monoisotopic (exact) mass is 504 g/mol. The Labute approximate surface area is 212 Å². The van der Waals surface area contributed by atoms with Gasteiger partial charge in [-0.05, 0) is 43.9 Å². The van der Waals surface area contributed by atoms with E-state index in [4.69, 9.17) is 11.6 Å². The van der Waals surface area contributed by atoms with Gasteiger partial charge in [0.05, 0.1) is 22.2 Å². The number of fused-ring (bicyclic) bond motifs is 5. The van der Waals surface area contributed by atoms with Crippen molar-refractivity contribution < 1.29 is 19.5 Å². The number of aromatic hydroxyl groups is 1. The third-order valence-electron chi connectivity index (χ3n) is 6.72. The number of phenolic OH excluding ortho intramolecular Hbond substituents is 1. The lowest BCUT2D eigenvalue weighted by Gasteiger charge is -2.20. The molecule has 5 rings (SSSR count). The lowest BCUT2D eigenvalue weighted by atomic mass is 9.92. The first-order chi connectivity index (χ1) is 17.1. The minimum absolute atomic E-state index is 0.165. The number of nitrogens with zero attached hydrogens (tertiary/aromatic N) is 3. The molecule has 0 saturated heterocycles. The molecule has 0 unspecified atom stereocenters. The second-order valence-electron chi connectivity index (χ2n) is 9.31. The Morgan fingerprint density at radius 2 is 1.67 bits per heavy atom. The fourth-order valence-corrected chi connectivity index (χ4v) is 5.04. The lowest BCUT2D eigenvalue weighted by molar-refractivity contribution is 0.0782. The molecule has 36 heavy (non-hydrogen) atoms. The highest BCUT2D eigenvalue weighted by Crippen LogP contribution is 2.42. The van der Waals surface area contributed by atoms with Crippen LogP contribution < -0.4 is 5.32 Å². The molecule has 4 aromatic rings. The number of imide groups is 1. The van der Waals surface area contributed by atoms with Crippen molar-refractivity contribution in [3.63, 3.8) is 0 Å². The van der Waals surface area contributed by atoms with Crippen LogP contribution in [0.25, 0.3) is 32.9 Å². The van der Waals surface area contributed by atoms with Gasteiger partial charge in [-0.2, -0.15) is 0 Å². The third kappa shape index (κ3) is 3.61. The summed E-state index contributed by atoms with van der Waals surface area (Å²) >= 11 is 6.46. The van der Waals surface area contributed by atoms with Gasteiger partial charge >= 0.3 is 0 Å². The van der Waals surface area contributed by atoms with Crippen LogP contribution in [0.1, 0.15) is 31.1 Å². The van der Waals surface area contributed by atoms with E-state index in [9.17, 15) is 19.5 Å². The van der Waals surface area contributed by atoms with E-state index in [1.54, 1.807) is 36.2 Å². The minimum Gasteiger partial charge on any atom is -0.507 e. The number of hydrogen-bond donors (Lipinski definition) is 2. The maximum Gasteiger partial charge on any atom is 0.259 e. The van der Waals surface area contributed by atoms with Crippen molar-refractivity contribution in [2.75, 3.05) is 34.2 Å². The van der Waals surface area contributed by atoms with E-state index in [0.717, 1.165) is 0 Å². The SMILES string of the molecule is CN(C)CCN(C)C(=O)c1cc2c(cc1O)c1c3c(c(-c4ccccc4Cl)cc1n2C)C(=O)NC3=O. The summed E-state index contributed by atoms with van der Waals surface area (Å²) in [6, 6.07) is 12.1. The first-order valence-corrected chi connectivity index (χ1v) is 11.8. The molecular weight excluding hydrogens is 480 g/mol. The quantitative estimate of drug-likeness (QED) is 0.402. The number of carbonyl (C=O) groups is 3. The van der Waals surface area contributed by atoms with Crippen LogP contribution in [0.15, 0.2) is 42.5 Å². The van der Waals surface area contributed by atoms with Crippen molar-refractivity contribution in [1.29, 1.82) is 0 Å². The smallest absolute Gasteiger partial charge is 0.259 e. The second-order valence-corrected chi connectivity index (χ2v) is 9.71. The summed E-state index contributed by atoms with van der Waals surface area (Å²) in [5.74, 6) is -1.51. The molecular formula is C27H25ClN4O4. The number of rotatable bonds is 5. The van der Waals surface area contributed by atoms with Gasteiger partial charge in [-0.3, -0.25) is 19.7 Å². The minimum atomic E-state index is -0.510. The van der Waals surface area contributed by atoms with E-state index in [1.165, 1.54) is 6.07 Å². The summed E-state index contributed by atoms with van der Waals surface area (Å²) in [5, 5.41) is 14.8. The van der Waals surface area contributed by atoms with Gasteiger partial charge in [0, 0.05) is 54.1 Å². The summed E-state index contributed by atoms with van der Waals surface area (Å²) in [4.78, 5) is 42.5. The molecule has 1 aromatic heterocycles. The van der Waals surface area contributed by atoms with Crippen LogP contribution in [0.2, 0.25) is 5.02 Å². The topological polar surface area (TPSA) is 94.9 Å². The van der Waals surface area contributed by atoms with Crippen LogP contribution in [-0.2, 0) is 7.05 Å². The van der Waals surface area contributed by atoms with E-state index in [-0.39, 0.29) is 28.3 Å². The molecule has 0 radical (unpaired) electrons. The fraction of sp³-hybridized carbons (Fsp3) is 0.222. The molecule has 0 saturated carbocycles. The number of phenols is 1. The number of aryl methyl sites for hydroxylation is 1. The van der Waals surface area contributed by atoms with Crippen molar-refractivity contribution in [3.8, 4) is 16.9 Å². The summed E-state index contributed by atoms with van der Waals surface area (Å²) in [6.07, 6.45) is 0. The van der Waals surface area contributed by atoms with Gasteiger partial charge < -0.3 is 19.5 Å². The molecule has 1 aliphatic heterocycles. The van der Waals surface area contributed by atoms with Crippen molar-refractivity contribution in [2.45, 2.75) is 0 Å². The number of carbonyl (C=O) groups excluding carboxylic acids is 3. The third-order valence-corrected chi connectivity index (χ3v) is 7.05. The highest BCUT2D eigenvalue weighted by molar-refractivity contribution is 6.36. The number of hydrogen-bond acceptors (Lipinski definition) is 5. The molecule has 0 spiro atoms. The molecule has 0 bridgehead atoms. The summed E-state index contributed by atoms with van der Waals surface area (Å²) in [7, 11) is 7.36. The first-order valence-electron chi connectivity index (χ1n) is 11.4. The van der Waals surface area contributed by atoms with Gasteiger partial charge in [0.25, 0.3) is 17.7 Å². The largest absolute Gasteiger partial charge is 0.507 e. The molecule has 3 aromatic carbocycles. The standard InChI is InChI=1S/C27H25ClN4O4/c1-30(2)9-10-31(3)27(36)17-12-19-16(13-21(17)33)22-20(32(19)4)11-15(14-7-5-6-8-18(14)28)23-24(22)26(35)29-25(23)34/h5-8,11-13,33H,9-10H2,1-4H3,(H,29,34,35). The van der Waals surface area contributed by atoms with E-state index >= 15 is 0 Å². The summed E-state index contributed by atoms with van der Waals surface area (Å²) < 4.78 is 1.86. The Hall–Kier alpha value is -3.88. The van der Waals surface area contributed by atoms with Gasteiger partial charge in [0.15, 0.2) is 0 Å². The molecule has 1 aliphatic rings. The molecule has 2 heterocycles. The summed E-state index contributed by atoms with van der Waals surface area (Å²) in [6.45, 7) is 1.18. The highest BCUT2D eigenvalue weighted by Gasteiger charge is 2.35. The van der Waals surface area contributed by atoms with E-state index < -0.39 is 11.8 Å². The van der Waals surface area contributed by atoms with Crippen LogP contribution in [-0.4, -0.2) is 71.4 Å². The van der Waals surface area contributed by atoms with Crippen LogP contribution in [0.4, 0.5) is 0 Å². The van der Waals surface area contributed by atoms with E-state index in [1.807, 2.05) is 42.7 Å². The summed E-state index contributed by atoms with van der Waals surface area (Å²) in [5.41, 5.74) is 3.15. The highest BCUT2D eigenvalue weighted by atomic mass is 35.5. The van der Waals surface area contributed by atoms with E-state index in [2.05, 4.69) is 5.32 Å². The molecule has 9 heteroatoms. The molecule has 8 nitrogen and oxygen atoms in total. The molecule has 184 valence electrons. The van der Waals surface area contributed by atoms with Gasteiger partial charge in [-0.1, -0.05) is 29.8 Å². The zero-order valence-electron chi connectivity index (χ0n) is 20.3. The van der Waals surface area contributed by atoms with Crippen LogP contribution in [0, 0.1) is 0 Å². The van der Waals surface area contributed by atoms with Crippen molar-refractivity contribution in [3.05, 3.63) is 64.2 Å². The van der Waals surface area contributed by atoms with Crippen molar-refractivity contribution in [1.82, 2.24) is 19.7 Å². The Kier molecular flexibility index (Phi) is 5.73. The Balaban J connectivity index is 1.78. The Morgan fingerprint density at radius 3 is 2.36 bits per heavy atom. The second kappa shape index (κ2) is 8.65. The maximum absolute atomic E-state index is 13.1. The molecule has 0 atom stereocenters. The number of amides is 3. The zero-order chi connectivity index (χ0) is 25.9. The zero-order valence-corrected chi connectivity index (χ0v) is 21.1. The number of benzene rings is 3. The van der Waals surface area contributed by atoms with Gasteiger partial charge in [-0.15, -0.1) is 0 Å². The normalized spacial score (nSPS) is 13.1. The van der Waals surface area contributed by atoms with Gasteiger partial charge in [0.1, 0.15) is 5.75 Å². The van der Waals surface area contributed by atoms with Crippen LogP contribution >= 0.6 is 11.6 Å². The van der Waals surface area contributed by atoms with Gasteiger partial charge in [-0.25, -0.2) is 0 Å². The first kappa shape index (κ1) is 23.8. The average molecular weight is 505 g/mol. The number of nitrogens with one attached hydrogen (secondary N) is 1. The van der Waals surface area contributed by atoms with Crippen molar-refractivity contribution >= 4 is 51.1 Å². The van der Waals surface area contributed by atoms with Gasteiger partial charge in [0.2, 0.25) is 0 Å². The fourth-order valence-electron chi connectivity index (χ4n) is 4.80.